The number of fused-ring (bicyclic) bond motifs is 4. The topological polar surface area (TPSA) is 87.7 Å². The van der Waals surface area contributed by atoms with Gasteiger partial charge in [0.15, 0.2) is 5.78 Å². The Morgan fingerprint density at radius 1 is 1.09 bits per heavy atom. The molecule has 0 aromatic heterocycles. The summed E-state index contributed by atoms with van der Waals surface area (Å²) in [4.78, 5) is 43.1. The van der Waals surface area contributed by atoms with Gasteiger partial charge in [-0.1, -0.05) is 13.8 Å². The number of nitrogens with one attached hydrogen (secondary N) is 2. The first-order chi connectivity index (χ1) is 15.5. The highest BCUT2D eigenvalue weighted by atomic mass is 16.5. The SMILES string of the molecule is CC1(C)C=Cc2c(ccc3c2NC2(CC45NC(=O)C6(CCCN6C4=O)CC5C2(C)C)C3=O)O1. The molecule has 0 radical (unpaired) electrons. The molecule has 6 heterocycles. The molecule has 5 fully saturated rings. The summed E-state index contributed by atoms with van der Waals surface area (Å²) < 4.78 is 6.15. The van der Waals surface area contributed by atoms with Crippen molar-refractivity contribution in [1.82, 2.24) is 10.2 Å². The fourth-order valence-corrected chi connectivity index (χ4v) is 7.99. The van der Waals surface area contributed by atoms with Crippen molar-refractivity contribution in [1.29, 1.82) is 0 Å². The van der Waals surface area contributed by atoms with Crippen molar-refractivity contribution < 1.29 is 19.1 Å². The summed E-state index contributed by atoms with van der Waals surface area (Å²) in [7, 11) is 0. The fraction of sp³-hybridized carbons (Fsp3) is 0.577. The highest BCUT2D eigenvalue weighted by Crippen LogP contribution is 2.67. The molecule has 7 heteroatoms. The maximum Gasteiger partial charge on any atom is 0.249 e. The average molecular weight is 448 g/mol. The van der Waals surface area contributed by atoms with Crippen molar-refractivity contribution in [3.63, 3.8) is 0 Å². The van der Waals surface area contributed by atoms with Crippen molar-refractivity contribution in [3.8, 4) is 5.75 Å². The molecule has 172 valence electrons. The second-order valence-corrected chi connectivity index (χ2v) is 12.0. The lowest BCUT2D eigenvalue weighted by atomic mass is 9.59. The highest BCUT2D eigenvalue weighted by molar-refractivity contribution is 6.17. The number of benzene rings is 1. The first-order valence-electron chi connectivity index (χ1n) is 12.0. The van der Waals surface area contributed by atoms with Crippen LogP contribution in [-0.2, 0) is 9.59 Å². The van der Waals surface area contributed by atoms with Gasteiger partial charge in [0.2, 0.25) is 11.8 Å². The number of carbonyl (C=O) groups is 3. The Morgan fingerprint density at radius 3 is 2.67 bits per heavy atom. The van der Waals surface area contributed by atoms with Crippen LogP contribution in [0.1, 0.15) is 69.3 Å². The third-order valence-corrected chi connectivity index (χ3v) is 9.73. The second-order valence-electron chi connectivity index (χ2n) is 12.0. The monoisotopic (exact) mass is 447 g/mol. The Kier molecular flexibility index (Phi) is 3.14. The molecule has 1 saturated carbocycles. The summed E-state index contributed by atoms with van der Waals surface area (Å²) in [6.45, 7) is 8.82. The number of Topliss-reactive ketones (excluding diaryl/α,β-unsaturated/α-hetero) is 1. The third kappa shape index (κ3) is 1.91. The number of amides is 2. The van der Waals surface area contributed by atoms with Gasteiger partial charge in [0.1, 0.15) is 28.0 Å². The number of ether oxygens (including phenoxy) is 1. The van der Waals surface area contributed by atoms with Gasteiger partial charge < -0.3 is 20.3 Å². The maximum atomic E-state index is 14.1. The lowest BCUT2D eigenvalue weighted by molar-refractivity contribution is -0.175. The standard InChI is InChI=1S/C26H29N3O4/c1-22(2)10-8-14-16(33-22)7-6-15-18(14)27-26(19(15)30)13-25-17(23(26,3)4)12-24(20(31)28-25)9-5-11-29(24)21(25)32/h6-8,10,17,27H,5,9,11-13H2,1-4H3,(H,28,31). The first-order valence-corrected chi connectivity index (χ1v) is 12.0. The van der Waals surface area contributed by atoms with Gasteiger partial charge in [-0.25, -0.2) is 0 Å². The van der Waals surface area contributed by atoms with E-state index in [1.165, 1.54) is 0 Å². The average Bonchev–Trinajstić information content (AvgIpc) is 3.35. The van der Waals surface area contributed by atoms with E-state index in [1.807, 2.05) is 43.0 Å². The molecule has 6 aliphatic heterocycles. The first kappa shape index (κ1) is 19.6. The molecule has 4 atom stereocenters. The van der Waals surface area contributed by atoms with Gasteiger partial charge in [-0.2, -0.15) is 0 Å². The summed E-state index contributed by atoms with van der Waals surface area (Å²) in [6, 6.07) is 3.72. The van der Waals surface area contributed by atoms with E-state index in [9.17, 15) is 14.4 Å². The molecule has 1 aromatic carbocycles. The zero-order valence-electron chi connectivity index (χ0n) is 19.5. The third-order valence-electron chi connectivity index (χ3n) is 9.73. The number of ketones is 1. The number of hydrogen-bond donors (Lipinski definition) is 2. The lowest BCUT2D eigenvalue weighted by Crippen LogP contribution is -2.81. The van der Waals surface area contributed by atoms with Gasteiger partial charge in [-0.3, -0.25) is 14.4 Å². The lowest BCUT2D eigenvalue weighted by Gasteiger charge is -2.58. The van der Waals surface area contributed by atoms with Gasteiger partial charge in [0, 0.05) is 35.4 Å². The summed E-state index contributed by atoms with van der Waals surface area (Å²) >= 11 is 0. The smallest absolute Gasteiger partial charge is 0.249 e. The Hall–Kier alpha value is -2.83. The molecule has 2 bridgehead atoms. The number of piperazine rings is 1. The van der Waals surface area contributed by atoms with E-state index >= 15 is 0 Å². The van der Waals surface area contributed by atoms with E-state index in [4.69, 9.17) is 4.74 Å². The van der Waals surface area contributed by atoms with Gasteiger partial charge in [0.25, 0.3) is 0 Å². The number of rotatable bonds is 0. The number of hydrogen-bond acceptors (Lipinski definition) is 5. The highest BCUT2D eigenvalue weighted by Gasteiger charge is 2.80. The molecule has 7 aliphatic rings. The van der Waals surface area contributed by atoms with Crippen molar-refractivity contribution in [2.75, 3.05) is 11.9 Å². The van der Waals surface area contributed by atoms with Crippen molar-refractivity contribution in [2.45, 2.75) is 75.6 Å². The van der Waals surface area contributed by atoms with Crippen LogP contribution >= 0.6 is 0 Å². The van der Waals surface area contributed by atoms with E-state index in [2.05, 4.69) is 24.5 Å². The van der Waals surface area contributed by atoms with Crippen molar-refractivity contribution in [3.05, 3.63) is 29.3 Å². The Morgan fingerprint density at radius 2 is 1.88 bits per heavy atom. The molecule has 3 spiro atoms. The van der Waals surface area contributed by atoms with Gasteiger partial charge in [0.05, 0.1) is 5.69 Å². The van der Waals surface area contributed by atoms with Crippen LogP contribution in [0.25, 0.3) is 6.08 Å². The van der Waals surface area contributed by atoms with Gasteiger partial charge in [-0.05, 0) is 57.4 Å². The van der Waals surface area contributed by atoms with E-state index < -0.39 is 27.6 Å². The predicted molar refractivity (Wildman–Crippen MR) is 122 cm³/mol. The molecule has 2 N–H and O–H groups in total. The number of anilines is 1. The zero-order chi connectivity index (χ0) is 23.2. The van der Waals surface area contributed by atoms with Crippen LogP contribution < -0.4 is 15.4 Å². The largest absolute Gasteiger partial charge is 0.483 e. The summed E-state index contributed by atoms with van der Waals surface area (Å²) in [5.41, 5.74) is -1.42. The molecular weight excluding hydrogens is 418 g/mol. The molecule has 4 saturated heterocycles. The van der Waals surface area contributed by atoms with Gasteiger partial charge in [-0.15, -0.1) is 0 Å². The molecule has 4 unspecified atom stereocenters. The molecule has 7 nitrogen and oxygen atoms in total. The maximum absolute atomic E-state index is 14.1. The Labute approximate surface area is 192 Å². The number of carbonyl (C=O) groups excluding carboxylic acids is 3. The van der Waals surface area contributed by atoms with Crippen LogP contribution in [-0.4, -0.2) is 51.3 Å². The Bertz CT molecular complexity index is 1230. The van der Waals surface area contributed by atoms with Gasteiger partial charge >= 0.3 is 0 Å². The predicted octanol–water partition coefficient (Wildman–Crippen LogP) is 2.90. The van der Waals surface area contributed by atoms with Crippen molar-refractivity contribution in [2.24, 2.45) is 11.3 Å². The molecular formula is C26H29N3O4. The van der Waals surface area contributed by atoms with Crippen LogP contribution in [0, 0.1) is 11.3 Å². The number of nitrogens with zero attached hydrogens (tertiary/aromatic N) is 1. The minimum atomic E-state index is -1.04. The van der Waals surface area contributed by atoms with Crippen LogP contribution in [0.15, 0.2) is 18.2 Å². The second kappa shape index (κ2) is 5.29. The van der Waals surface area contributed by atoms with Crippen LogP contribution in [0.5, 0.6) is 5.75 Å². The minimum Gasteiger partial charge on any atom is -0.483 e. The zero-order valence-corrected chi connectivity index (χ0v) is 19.5. The molecule has 2 amide bonds. The van der Waals surface area contributed by atoms with E-state index in [0.29, 0.717) is 24.9 Å². The summed E-state index contributed by atoms with van der Waals surface area (Å²) in [5.74, 6) is 0.600. The quantitative estimate of drug-likeness (QED) is 0.639. The van der Waals surface area contributed by atoms with E-state index in [1.54, 1.807) is 0 Å². The minimum absolute atomic E-state index is 0.00152. The van der Waals surface area contributed by atoms with Crippen LogP contribution in [0.4, 0.5) is 5.69 Å². The fourth-order valence-electron chi connectivity index (χ4n) is 7.99. The summed E-state index contributed by atoms with van der Waals surface area (Å²) in [6.07, 6.45) is 6.48. The molecule has 33 heavy (non-hydrogen) atoms. The van der Waals surface area contributed by atoms with Crippen LogP contribution in [0.3, 0.4) is 0 Å². The van der Waals surface area contributed by atoms with E-state index in [-0.39, 0.29) is 29.9 Å². The van der Waals surface area contributed by atoms with Crippen LogP contribution in [0.2, 0.25) is 0 Å². The normalized spacial score (nSPS) is 40.2. The molecule has 8 rings (SSSR count). The summed E-state index contributed by atoms with van der Waals surface area (Å²) in [5, 5.41) is 6.80. The number of piperidine rings is 2. The van der Waals surface area contributed by atoms with E-state index in [0.717, 1.165) is 23.4 Å². The Balaban J connectivity index is 1.38. The molecule has 1 aliphatic carbocycles. The van der Waals surface area contributed by atoms with Crippen molar-refractivity contribution >= 4 is 29.4 Å². The molecule has 1 aromatic rings.